The van der Waals surface area contributed by atoms with Crippen LogP contribution in [0.4, 0.5) is 43.9 Å². The molecule has 0 saturated carbocycles. The molecule has 2 rings (SSSR count). The lowest BCUT2D eigenvalue weighted by molar-refractivity contribution is -0.280. The molecular weight excluding hydrogens is 514 g/mol. The minimum atomic E-state index is -6.49. The van der Waals surface area contributed by atoms with Crippen LogP contribution < -0.4 is 5.32 Å². The van der Waals surface area contributed by atoms with E-state index in [9.17, 15) is 48.7 Å². The molecule has 0 fully saturated rings. The second-order valence-electron chi connectivity index (χ2n) is 5.33. The zero-order valence-corrected chi connectivity index (χ0v) is 15.6. The van der Waals surface area contributed by atoms with Gasteiger partial charge in [0.05, 0.1) is 4.91 Å². The molecule has 1 aromatic carbocycles. The van der Waals surface area contributed by atoms with Crippen LogP contribution in [0.15, 0.2) is 44.5 Å². The minimum Gasteiger partial charge on any atom is -0.301 e. The molecule has 0 spiro atoms. The summed E-state index contributed by atoms with van der Waals surface area (Å²) >= 11 is 2.05. The van der Waals surface area contributed by atoms with Gasteiger partial charge in [-0.05, 0) is 18.2 Å². The van der Waals surface area contributed by atoms with E-state index in [0.717, 1.165) is 12.1 Å². The second-order valence-corrected chi connectivity index (χ2v) is 7.25. The third kappa shape index (κ3) is 4.39. The topological polar surface area (TPSA) is 41.5 Å². The van der Waals surface area contributed by atoms with E-state index in [2.05, 4.69) is 20.9 Å². The fourth-order valence-corrected chi connectivity index (χ4v) is 3.68. The highest BCUT2D eigenvalue weighted by Gasteiger charge is 2.77. The molecule has 160 valence electrons. The number of alkyl halides is 9. The number of benzene rings is 1. The third-order valence-corrected chi connectivity index (χ3v) is 4.93. The van der Waals surface area contributed by atoms with Gasteiger partial charge in [0.15, 0.2) is 5.17 Å². The average molecular weight is 519 g/mol. The Balaban J connectivity index is 2.61. The number of allylic oxidation sites excluding steroid dienone is 1. The monoisotopic (exact) mass is 518 g/mol. The molecule has 0 unspecified atom stereocenters. The fourth-order valence-electron chi connectivity index (χ4n) is 2.13. The minimum absolute atomic E-state index is 0.263. The van der Waals surface area contributed by atoms with Gasteiger partial charge in [0.25, 0.3) is 11.4 Å². The van der Waals surface area contributed by atoms with E-state index in [0.29, 0.717) is 4.47 Å². The van der Waals surface area contributed by atoms with Crippen LogP contribution in [0, 0.1) is 0 Å². The number of nitrogens with one attached hydrogen (secondary N) is 1. The highest BCUT2D eigenvalue weighted by Crippen LogP contribution is 2.59. The number of amides is 1. The van der Waals surface area contributed by atoms with Crippen molar-refractivity contribution in [1.82, 2.24) is 5.32 Å². The van der Waals surface area contributed by atoms with Crippen LogP contribution in [0.2, 0.25) is 0 Å². The van der Waals surface area contributed by atoms with Crippen LogP contribution in [0.25, 0.3) is 0 Å². The Bertz CT molecular complexity index is 874. The summed E-state index contributed by atoms with van der Waals surface area (Å²) in [5.74, 6) is -4.89. The van der Waals surface area contributed by atoms with E-state index in [1.54, 1.807) is 5.32 Å². The van der Waals surface area contributed by atoms with Crippen molar-refractivity contribution in [2.24, 2.45) is 4.99 Å². The van der Waals surface area contributed by atoms with Crippen molar-refractivity contribution in [1.29, 1.82) is 0 Å². The van der Waals surface area contributed by atoms with Crippen LogP contribution in [0.5, 0.6) is 0 Å². The number of amidine groups is 1. The van der Waals surface area contributed by atoms with E-state index in [1.165, 1.54) is 12.1 Å². The molecule has 0 bridgehead atoms. The predicted molar refractivity (Wildman–Crippen MR) is 85.7 cm³/mol. The Morgan fingerprint density at radius 3 is 2.03 bits per heavy atom. The van der Waals surface area contributed by atoms with Gasteiger partial charge in [-0.15, -0.1) is 0 Å². The van der Waals surface area contributed by atoms with Crippen molar-refractivity contribution >= 4 is 38.8 Å². The SMILES string of the molecule is O=C(NC1=NC(C(F)(F)F)(C(F)(F)F)/C(=C(\F)C(F)(F)F)S1)c1cccc(Br)c1. The molecule has 0 saturated heterocycles. The van der Waals surface area contributed by atoms with Gasteiger partial charge in [0.2, 0.25) is 5.83 Å². The molecule has 29 heavy (non-hydrogen) atoms. The first-order chi connectivity index (χ1) is 13.0. The summed E-state index contributed by atoms with van der Waals surface area (Å²) < 4.78 is 131. The number of hydrogen-bond donors (Lipinski definition) is 1. The molecule has 1 N–H and O–H groups in total. The molecule has 3 nitrogen and oxygen atoms in total. The van der Waals surface area contributed by atoms with Gasteiger partial charge < -0.3 is 5.32 Å². The molecule has 1 heterocycles. The van der Waals surface area contributed by atoms with E-state index in [1.807, 2.05) is 0 Å². The number of carbonyl (C=O) groups is 1. The highest BCUT2D eigenvalue weighted by atomic mass is 79.9. The van der Waals surface area contributed by atoms with Crippen LogP contribution in [0.1, 0.15) is 10.4 Å². The van der Waals surface area contributed by atoms with Crippen molar-refractivity contribution in [3.05, 3.63) is 45.0 Å². The summed E-state index contributed by atoms with van der Waals surface area (Å²) in [5, 5.41) is 0.0417. The normalized spacial score (nSPS) is 19.1. The van der Waals surface area contributed by atoms with Crippen LogP contribution in [-0.2, 0) is 0 Å². The average Bonchev–Trinajstić information content (AvgIpc) is 2.93. The number of hydrogen-bond acceptors (Lipinski definition) is 3. The van der Waals surface area contributed by atoms with Gasteiger partial charge in [0.1, 0.15) is 0 Å². The number of carbonyl (C=O) groups excluding carboxylic acids is 1. The van der Waals surface area contributed by atoms with Gasteiger partial charge >= 0.3 is 18.5 Å². The number of halogens is 11. The number of aliphatic imine (C=N–C) groups is 1. The summed E-state index contributed by atoms with van der Waals surface area (Å²) in [4.78, 5) is 11.5. The second kappa shape index (κ2) is 7.49. The van der Waals surface area contributed by atoms with Crippen LogP contribution >= 0.6 is 27.7 Å². The van der Waals surface area contributed by atoms with Crippen LogP contribution in [0.3, 0.4) is 0 Å². The lowest BCUT2D eigenvalue weighted by Gasteiger charge is -2.31. The Hall–Kier alpha value is -1.77. The van der Waals surface area contributed by atoms with Crippen molar-refractivity contribution < 1.29 is 48.7 Å². The third-order valence-electron chi connectivity index (χ3n) is 3.37. The molecule has 15 heteroatoms. The Labute approximate surface area is 167 Å². The maximum absolute atomic E-state index is 13.6. The van der Waals surface area contributed by atoms with Gasteiger partial charge in [-0.2, -0.15) is 39.5 Å². The van der Waals surface area contributed by atoms with Gasteiger partial charge in [-0.3, -0.25) is 4.79 Å². The summed E-state index contributed by atoms with van der Waals surface area (Å²) in [5.41, 5.74) is -5.79. The first kappa shape index (κ1) is 23.5. The van der Waals surface area contributed by atoms with E-state index in [4.69, 9.17) is 0 Å². The number of nitrogens with zero attached hydrogens (tertiary/aromatic N) is 1. The zero-order valence-electron chi connectivity index (χ0n) is 13.2. The first-order valence-corrected chi connectivity index (χ1v) is 8.57. The molecule has 0 atom stereocenters. The van der Waals surface area contributed by atoms with E-state index in [-0.39, 0.29) is 5.56 Å². The maximum Gasteiger partial charge on any atom is 0.443 e. The zero-order chi connectivity index (χ0) is 22.4. The van der Waals surface area contributed by atoms with Crippen molar-refractivity contribution in [3.8, 4) is 0 Å². The van der Waals surface area contributed by atoms with E-state index < -0.39 is 57.6 Å². The largest absolute Gasteiger partial charge is 0.443 e. The van der Waals surface area contributed by atoms with Gasteiger partial charge in [-0.25, -0.2) is 9.38 Å². The summed E-state index contributed by atoms with van der Waals surface area (Å²) in [7, 11) is 0. The molecule has 0 aromatic heterocycles. The number of rotatable bonds is 1. The quantitative estimate of drug-likeness (QED) is 0.471. The molecule has 1 aromatic rings. The summed E-state index contributed by atoms with van der Waals surface area (Å²) in [6.07, 6.45) is -19.1. The van der Waals surface area contributed by atoms with Gasteiger partial charge in [-0.1, -0.05) is 33.8 Å². The molecular formula is C14H5BrF10N2OS. The Kier molecular flexibility index (Phi) is 6.07. The molecule has 1 amide bonds. The molecule has 0 aliphatic carbocycles. The van der Waals surface area contributed by atoms with Gasteiger partial charge in [0, 0.05) is 10.0 Å². The molecule has 0 radical (unpaired) electrons. The predicted octanol–water partition coefficient (Wildman–Crippen LogP) is 5.89. The van der Waals surface area contributed by atoms with E-state index >= 15 is 0 Å². The smallest absolute Gasteiger partial charge is 0.301 e. The number of thioether (sulfide) groups is 1. The Morgan fingerprint density at radius 1 is 1.03 bits per heavy atom. The lowest BCUT2D eigenvalue weighted by atomic mass is 9.97. The molecule has 1 aliphatic heterocycles. The van der Waals surface area contributed by atoms with Crippen molar-refractivity contribution in [3.63, 3.8) is 0 Å². The molecule has 1 aliphatic rings. The lowest BCUT2D eigenvalue weighted by Crippen LogP contribution is -2.55. The highest BCUT2D eigenvalue weighted by molar-refractivity contribution is 9.10. The maximum atomic E-state index is 13.6. The Morgan fingerprint density at radius 2 is 1.59 bits per heavy atom. The van der Waals surface area contributed by atoms with Crippen LogP contribution in [-0.4, -0.2) is 35.1 Å². The summed E-state index contributed by atoms with van der Waals surface area (Å²) in [6, 6.07) is 4.99. The standard InChI is InChI=1S/C14H5BrF10N2OS/c15-6-3-1-2-5(4-6)9(28)26-10-27-11(13(20,21)22,14(23,24)25)8(29-10)7(16)12(17,18)19/h1-4H,(H,26,27,28)/b8-7+. The van der Waals surface area contributed by atoms with Crippen molar-refractivity contribution in [2.75, 3.05) is 0 Å². The summed E-state index contributed by atoms with van der Waals surface area (Å²) in [6.45, 7) is 0. The van der Waals surface area contributed by atoms with Crippen molar-refractivity contribution in [2.45, 2.75) is 24.1 Å². The fraction of sp³-hybridized carbons (Fsp3) is 0.286. The first-order valence-electron chi connectivity index (χ1n) is 6.96.